The van der Waals surface area contributed by atoms with Crippen LogP contribution in [0.2, 0.25) is 51.4 Å². The van der Waals surface area contributed by atoms with Gasteiger partial charge in [-0.3, -0.25) is 4.98 Å². The minimum Gasteiger partial charge on any atom is -0.444 e. The predicted molar refractivity (Wildman–Crippen MR) is 219 cm³/mol. The van der Waals surface area contributed by atoms with Crippen LogP contribution in [-0.4, -0.2) is 91.1 Å². The van der Waals surface area contributed by atoms with Crippen molar-refractivity contribution in [1.29, 1.82) is 0 Å². The van der Waals surface area contributed by atoms with Gasteiger partial charge in [-0.2, -0.15) is 9.61 Å². The summed E-state index contributed by atoms with van der Waals surface area (Å²) in [4.78, 5) is 26.9. The Balaban J connectivity index is 1.40. The molecule has 292 valence electrons. The fourth-order valence-corrected chi connectivity index (χ4v) is 8.85. The van der Waals surface area contributed by atoms with Crippen LogP contribution in [0.15, 0.2) is 54.9 Å². The molecule has 0 spiro atoms. The molecule has 0 aliphatic carbocycles. The van der Waals surface area contributed by atoms with Crippen LogP contribution in [0.3, 0.4) is 0 Å². The van der Waals surface area contributed by atoms with Gasteiger partial charge in [0.1, 0.15) is 19.1 Å². The number of benzene rings is 1. The van der Waals surface area contributed by atoms with Crippen molar-refractivity contribution < 1.29 is 23.4 Å². The van der Waals surface area contributed by atoms with Gasteiger partial charge >= 0.3 is 6.09 Å². The van der Waals surface area contributed by atoms with Crippen LogP contribution < -0.4 is 4.90 Å². The summed E-state index contributed by atoms with van der Waals surface area (Å²) in [6.07, 6.45) is 6.21. The van der Waals surface area contributed by atoms with Crippen LogP contribution >= 0.6 is 0 Å². The average molecular weight is 775 g/mol. The van der Waals surface area contributed by atoms with Crippen molar-refractivity contribution in [1.82, 2.24) is 24.5 Å². The first-order valence-electron chi connectivity index (χ1n) is 19.5. The second kappa shape index (κ2) is 16.2. The van der Waals surface area contributed by atoms with Gasteiger partial charge in [0.2, 0.25) is 0 Å². The van der Waals surface area contributed by atoms with Crippen molar-refractivity contribution in [2.24, 2.45) is 0 Å². The maximum absolute atomic E-state index is 17.5. The van der Waals surface area contributed by atoms with Crippen LogP contribution in [-0.2, 0) is 14.2 Å². The number of anilines is 1. The van der Waals surface area contributed by atoms with Crippen molar-refractivity contribution in [2.75, 3.05) is 31.6 Å². The summed E-state index contributed by atoms with van der Waals surface area (Å²) in [6, 6.07) is 16.0. The number of nitrogens with zero attached hydrogens (tertiary/aromatic N) is 6. The molecule has 5 heterocycles. The van der Waals surface area contributed by atoms with Crippen LogP contribution in [0.1, 0.15) is 58.1 Å². The van der Waals surface area contributed by atoms with Crippen molar-refractivity contribution in [3.8, 4) is 22.4 Å². The molecule has 1 amide bonds. The third-order valence-electron chi connectivity index (χ3n) is 10.2. The Labute approximate surface area is 322 Å². The number of carbonyl (C=O) groups excluding carboxylic acids is 1. The minimum atomic E-state index is -1.36. The number of halogens is 1. The number of rotatable bonds is 14. The summed E-state index contributed by atoms with van der Waals surface area (Å²) in [7, 11) is -2.71. The minimum absolute atomic E-state index is 0.0468. The number of hydrogen-bond donors (Lipinski definition) is 0. The molecule has 3 aromatic heterocycles. The molecular formula is C41H59FN6O4Si2. The topological polar surface area (TPSA) is 94.3 Å². The average Bonchev–Trinajstić information content (AvgIpc) is 3.63. The number of pyridine rings is 1. The monoisotopic (exact) mass is 774 g/mol. The first kappa shape index (κ1) is 40.0. The molecule has 54 heavy (non-hydrogen) atoms. The van der Waals surface area contributed by atoms with Gasteiger partial charge in [-0.25, -0.2) is 14.2 Å². The first-order chi connectivity index (χ1) is 25.5. The summed E-state index contributed by atoms with van der Waals surface area (Å²) in [5.74, 6) is -0.348. The second-order valence-electron chi connectivity index (χ2n) is 18.4. The van der Waals surface area contributed by atoms with Gasteiger partial charge in [0.15, 0.2) is 17.3 Å². The summed E-state index contributed by atoms with van der Waals surface area (Å²) in [5, 5.41) is 4.77. The summed E-state index contributed by atoms with van der Waals surface area (Å²) < 4.78 is 37.4. The van der Waals surface area contributed by atoms with E-state index in [0.717, 1.165) is 47.3 Å². The fourth-order valence-electron chi connectivity index (χ4n) is 7.33. The molecule has 1 aromatic carbocycles. The smallest absolute Gasteiger partial charge is 0.410 e. The molecule has 2 saturated heterocycles. The fraction of sp³-hybridized carbons (Fsp3) is 0.561. The van der Waals surface area contributed by atoms with E-state index in [9.17, 15) is 4.79 Å². The van der Waals surface area contributed by atoms with E-state index in [0.29, 0.717) is 37.4 Å². The number of fused-ring (bicyclic) bond motifs is 3. The maximum Gasteiger partial charge on any atom is 0.410 e. The third kappa shape index (κ3) is 9.76. The Morgan fingerprint density at radius 3 is 2.02 bits per heavy atom. The van der Waals surface area contributed by atoms with Gasteiger partial charge in [-0.05, 0) is 64.6 Å². The van der Waals surface area contributed by atoms with Crippen molar-refractivity contribution in [3.05, 3.63) is 66.4 Å². The lowest BCUT2D eigenvalue weighted by Gasteiger charge is -2.39. The number of amides is 1. The molecule has 4 aromatic rings. The van der Waals surface area contributed by atoms with Crippen LogP contribution in [0.5, 0.6) is 0 Å². The van der Waals surface area contributed by atoms with E-state index >= 15 is 4.39 Å². The van der Waals surface area contributed by atoms with Crippen molar-refractivity contribution >= 4 is 33.7 Å². The molecule has 2 aliphatic heterocycles. The Morgan fingerprint density at radius 1 is 0.870 bits per heavy atom. The van der Waals surface area contributed by atoms with Gasteiger partial charge in [0, 0.05) is 70.3 Å². The summed E-state index contributed by atoms with van der Waals surface area (Å²) >= 11 is 0. The molecule has 0 unspecified atom stereocenters. The zero-order valence-corrected chi connectivity index (χ0v) is 35.7. The van der Waals surface area contributed by atoms with E-state index in [1.54, 1.807) is 10.7 Å². The van der Waals surface area contributed by atoms with E-state index in [1.165, 1.54) is 0 Å². The Kier molecular flexibility index (Phi) is 12.0. The van der Waals surface area contributed by atoms with Gasteiger partial charge in [-0.15, -0.1) is 0 Å². The number of carbonyl (C=O) groups is 1. The van der Waals surface area contributed by atoms with Crippen LogP contribution in [0, 0.1) is 5.82 Å². The van der Waals surface area contributed by atoms with Gasteiger partial charge in [0.05, 0.1) is 17.6 Å². The number of hydrogen-bond acceptors (Lipinski definition) is 8. The molecule has 3 atom stereocenters. The van der Waals surface area contributed by atoms with Crippen molar-refractivity contribution in [3.63, 3.8) is 0 Å². The zero-order valence-electron chi connectivity index (χ0n) is 33.7. The second-order valence-corrected chi connectivity index (χ2v) is 29.6. The molecular weight excluding hydrogens is 716 g/mol. The molecule has 0 N–H and O–H groups in total. The lowest BCUT2D eigenvalue weighted by molar-refractivity contribution is 0.00558. The van der Waals surface area contributed by atoms with E-state index in [2.05, 4.69) is 39.3 Å². The lowest BCUT2D eigenvalue weighted by atomic mass is 9.87. The normalized spacial score (nSPS) is 19.1. The van der Waals surface area contributed by atoms with Crippen LogP contribution in [0.25, 0.3) is 28.0 Å². The number of aromatic nitrogens is 4. The SMILES string of the molecule is CC(C)(C)OC(=O)N1[C@@H]2CC[C@H]1C[C@@H](c1nc3c(-c4ccc(-c5ccccc5)nc4)cnn3c(N(COCC[Si](C)(C)C)COCC[Si](C)(C)C)c1F)C2. The summed E-state index contributed by atoms with van der Waals surface area (Å²) in [6.45, 7) is 21.0. The number of ether oxygens (including phenoxy) is 3. The van der Waals surface area contributed by atoms with Crippen molar-refractivity contribution in [2.45, 2.75) is 121 Å². The van der Waals surface area contributed by atoms with Gasteiger partial charge in [0.25, 0.3) is 0 Å². The highest BCUT2D eigenvalue weighted by atomic mass is 28.3. The van der Waals surface area contributed by atoms with Gasteiger partial charge in [-0.1, -0.05) is 75.7 Å². The van der Waals surface area contributed by atoms with Gasteiger partial charge < -0.3 is 24.0 Å². The summed E-state index contributed by atoms with van der Waals surface area (Å²) in [5.41, 5.74) is 3.84. The first-order valence-corrected chi connectivity index (χ1v) is 26.9. The molecule has 6 rings (SSSR count). The highest BCUT2D eigenvalue weighted by Gasteiger charge is 2.46. The largest absolute Gasteiger partial charge is 0.444 e. The molecule has 10 nitrogen and oxygen atoms in total. The Hall–Kier alpha value is -3.66. The van der Waals surface area contributed by atoms with Crippen LogP contribution in [0.4, 0.5) is 15.0 Å². The van der Waals surface area contributed by atoms with E-state index in [1.807, 2.05) is 79.2 Å². The van der Waals surface area contributed by atoms with E-state index in [4.69, 9.17) is 29.3 Å². The Morgan fingerprint density at radius 2 is 1.48 bits per heavy atom. The maximum atomic E-state index is 17.5. The highest BCUT2D eigenvalue weighted by Crippen LogP contribution is 2.45. The number of piperidine rings is 1. The third-order valence-corrected chi connectivity index (χ3v) is 13.7. The predicted octanol–water partition coefficient (Wildman–Crippen LogP) is 9.67. The zero-order chi connectivity index (χ0) is 38.8. The van der Waals surface area contributed by atoms with E-state index in [-0.39, 0.29) is 43.4 Å². The lowest BCUT2D eigenvalue weighted by Crippen LogP contribution is -2.48. The molecule has 2 fully saturated rings. The molecule has 13 heteroatoms. The molecule has 0 saturated carbocycles. The highest BCUT2D eigenvalue weighted by molar-refractivity contribution is 6.76. The Bertz CT molecular complexity index is 1850. The standard InChI is InChI=1S/C41H59FN6O4Si2/c1-41(2,3)52-40(49)47-32-16-17-33(47)24-31(23-32)37-36(42)39(46(27-50-19-21-53(4,5)6)28-51-20-22-54(7,8)9)48-38(45-37)34(26-44-48)30-15-18-35(43-25-30)29-13-11-10-12-14-29/h10-15,18,25-26,31-33H,16-17,19-24,27-28H2,1-9H3/t31-,32+,33-. The molecule has 2 aliphatic rings. The molecule has 2 bridgehead atoms. The molecule has 0 radical (unpaired) electrons. The van der Waals surface area contributed by atoms with E-state index < -0.39 is 27.6 Å². The quantitative estimate of drug-likeness (QED) is 0.0711.